The standard InChI is InChI=1S/C14H13BrOS/c1-10(11-5-3-2-4-6-11)14(16)8-13-7-12(15)9-17-13/h2-7,9-10H,8H2,1H3. The van der Waals surface area contributed by atoms with E-state index in [1.54, 1.807) is 11.3 Å². The van der Waals surface area contributed by atoms with Gasteiger partial charge in [0.25, 0.3) is 0 Å². The van der Waals surface area contributed by atoms with Crippen molar-refractivity contribution < 1.29 is 4.79 Å². The highest BCUT2D eigenvalue weighted by Crippen LogP contribution is 2.23. The van der Waals surface area contributed by atoms with Gasteiger partial charge in [-0.1, -0.05) is 37.3 Å². The van der Waals surface area contributed by atoms with E-state index in [-0.39, 0.29) is 11.7 Å². The Morgan fingerprint density at radius 3 is 2.65 bits per heavy atom. The van der Waals surface area contributed by atoms with Crippen LogP contribution in [0.1, 0.15) is 23.3 Å². The molecule has 0 N–H and O–H groups in total. The zero-order valence-electron chi connectivity index (χ0n) is 9.52. The van der Waals surface area contributed by atoms with E-state index >= 15 is 0 Å². The highest BCUT2D eigenvalue weighted by Gasteiger charge is 2.15. The van der Waals surface area contributed by atoms with Crippen LogP contribution in [-0.2, 0) is 11.2 Å². The van der Waals surface area contributed by atoms with Gasteiger partial charge in [-0.2, -0.15) is 0 Å². The van der Waals surface area contributed by atoms with Crippen molar-refractivity contribution in [2.24, 2.45) is 0 Å². The third kappa shape index (κ3) is 3.27. The molecule has 0 aliphatic rings. The van der Waals surface area contributed by atoms with Crippen molar-refractivity contribution in [1.29, 1.82) is 0 Å². The molecular weight excluding hydrogens is 296 g/mol. The number of thiophene rings is 1. The lowest BCUT2D eigenvalue weighted by molar-refractivity contribution is -0.119. The van der Waals surface area contributed by atoms with Crippen LogP contribution in [0.25, 0.3) is 0 Å². The largest absolute Gasteiger partial charge is 0.299 e. The molecule has 88 valence electrons. The van der Waals surface area contributed by atoms with Crippen molar-refractivity contribution >= 4 is 33.0 Å². The number of rotatable bonds is 4. The predicted molar refractivity (Wildman–Crippen MR) is 75.6 cm³/mol. The quantitative estimate of drug-likeness (QED) is 0.817. The third-order valence-corrected chi connectivity index (χ3v) is 4.45. The molecule has 1 nitrogen and oxygen atoms in total. The molecule has 0 radical (unpaired) electrons. The molecule has 3 heteroatoms. The van der Waals surface area contributed by atoms with Crippen LogP contribution in [-0.4, -0.2) is 5.78 Å². The minimum Gasteiger partial charge on any atom is -0.299 e. The molecule has 2 aromatic rings. The van der Waals surface area contributed by atoms with Crippen LogP contribution >= 0.6 is 27.3 Å². The number of hydrogen-bond acceptors (Lipinski definition) is 2. The van der Waals surface area contributed by atoms with Gasteiger partial charge >= 0.3 is 0 Å². The molecule has 1 aromatic carbocycles. The van der Waals surface area contributed by atoms with E-state index in [2.05, 4.69) is 15.9 Å². The molecule has 0 bridgehead atoms. The van der Waals surface area contributed by atoms with Gasteiger partial charge in [-0.3, -0.25) is 4.79 Å². The Balaban J connectivity index is 2.06. The van der Waals surface area contributed by atoms with Gasteiger partial charge < -0.3 is 0 Å². The number of hydrogen-bond donors (Lipinski definition) is 0. The summed E-state index contributed by atoms with van der Waals surface area (Å²) in [6.45, 7) is 1.97. The summed E-state index contributed by atoms with van der Waals surface area (Å²) in [7, 11) is 0. The van der Waals surface area contributed by atoms with Gasteiger partial charge in [-0.25, -0.2) is 0 Å². The van der Waals surface area contributed by atoms with Crippen LogP contribution < -0.4 is 0 Å². The van der Waals surface area contributed by atoms with Gasteiger partial charge in [0.2, 0.25) is 0 Å². The molecular formula is C14H13BrOS. The fraction of sp³-hybridized carbons (Fsp3) is 0.214. The molecule has 0 aliphatic carbocycles. The summed E-state index contributed by atoms with van der Waals surface area (Å²) in [6, 6.07) is 11.9. The van der Waals surface area contributed by atoms with E-state index in [0.29, 0.717) is 6.42 Å². The average molecular weight is 309 g/mol. The number of ketones is 1. The lowest BCUT2D eigenvalue weighted by atomic mass is 9.95. The van der Waals surface area contributed by atoms with E-state index in [1.807, 2.05) is 48.7 Å². The zero-order valence-corrected chi connectivity index (χ0v) is 11.9. The summed E-state index contributed by atoms with van der Waals surface area (Å²) in [5.74, 6) is 0.239. The van der Waals surface area contributed by atoms with Gasteiger partial charge in [0.05, 0.1) is 0 Å². The molecule has 0 amide bonds. The number of carbonyl (C=O) groups excluding carboxylic acids is 1. The van der Waals surface area contributed by atoms with Gasteiger partial charge in [-0.05, 0) is 27.6 Å². The smallest absolute Gasteiger partial charge is 0.145 e. The predicted octanol–water partition coefficient (Wildman–Crippen LogP) is 4.43. The second-order valence-corrected chi connectivity index (χ2v) is 5.92. The Bertz CT molecular complexity index is 504. The van der Waals surface area contributed by atoms with Crippen molar-refractivity contribution in [2.45, 2.75) is 19.3 Å². The topological polar surface area (TPSA) is 17.1 Å². The van der Waals surface area contributed by atoms with Crippen LogP contribution in [0.5, 0.6) is 0 Å². The molecule has 0 saturated carbocycles. The van der Waals surface area contributed by atoms with E-state index in [1.165, 1.54) is 0 Å². The summed E-state index contributed by atoms with van der Waals surface area (Å²) in [6.07, 6.45) is 0.520. The van der Waals surface area contributed by atoms with Crippen LogP contribution in [0.3, 0.4) is 0 Å². The van der Waals surface area contributed by atoms with Gasteiger partial charge in [0.15, 0.2) is 0 Å². The maximum absolute atomic E-state index is 12.1. The Kier molecular flexibility index (Phi) is 4.13. The lowest BCUT2D eigenvalue weighted by Gasteiger charge is -2.09. The first-order chi connectivity index (χ1) is 8.16. The SMILES string of the molecule is CC(C(=O)Cc1cc(Br)cs1)c1ccccc1. The summed E-state index contributed by atoms with van der Waals surface area (Å²) < 4.78 is 1.05. The minimum atomic E-state index is -0.0305. The van der Waals surface area contributed by atoms with Crippen LogP contribution in [0.4, 0.5) is 0 Å². The van der Waals surface area contributed by atoms with Gasteiger partial charge in [-0.15, -0.1) is 11.3 Å². The maximum Gasteiger partial charge on any atom is 0.145 e. The van der Waals surface area contributed by atoms with E-state index in [4.69, 9.17) is 0 Å². The normalized spacial score (nSPS) is 12.4. The first kappa shape index (κ1) is 12.5. The number of Topliss-reactive ketones (excluding diaryl/α,β-unsaturated/α-hetero) is 1. The summed E-state index contributed by atoms with van der Waals surface area (Å²) in [5.41, 5.74) is 1.09. The molecule has 0 saturated heterocycles. The fourth-order valence-electron chi connectivity index (χ4n) is 1.70. The summed E-state index contributed by atoms with van der Waals surface area (Å²) in [5, 5.41) is 2.01. The Morgan fingerprint density at radius 2 is 2.06 bits per heavy atom. The van der Waals surface area contributed by atoms with Gasteiger partial charge in [0, 0.05) is 27.1 Å². The number of halogens is 1. The second kappa shape index (κ2) is 5.61. The molecule has 17 heavy (non-hydrogen) atoms. The Morgan fingerprint density at radius 1 is 1.35 bits per heavy atom. The molecule has 2 rings (SSSR count). The first-order valence-electron chi connectivity index (χ1n) is 5.47. The Labute approximate surface area is 114 Å². The van der Waals surface area contributed by atoms with Crippen molar-refractivity contribution in [3.63, 3.8) is 0 Å². The summed E-state index contributed by atoms with van der Waals surface area (Å²) >= 11 is 5.03. The van der Waals surface area contributed by atoms with Crippen LogP contribution in [0.15, 0.2) is 46.3 Å². The molecule has 0 aliphatic heterocycles. The number of carbonyl (C=O) groups is 1. The third-order valence-electron chi connectivity index (χ3n) is 2.75. The highest BCUT2D eigenvalue weighted by molar-refractivity contribution is 9.10. The monoisotopic (exact) mass is 308 g/mol. The fourth-order valence-corrected chi connectivity index (χ4v) is 3.16. The van der Waals surface area contributed by atoms with Crippen LogP contribution in [0, 0.1) is 0 Å². The molecule has 1 unspecified atom stereocenters. The van der Waals surface area contributed by atoms with Gasteiger partial charge in [0.1, 0.15) is 5.78 Å². The van der Waals surface area contributed by atoms with Crippen molar-refractivity contribution in [1.82, 2.24) is 0 Å². The minimum absolute atomic E-state index is 0.0305. The molecule has 0 fully saturated rings. The first-order valence-corrected chi connectivity index (χ1v) is 7.14. The average Bonchev–Trinajstić information content (AvgIpc) is 2.75. The maximum atomic E-state index is 12.1. The Hall–Kier alpha value is -0.930. The van der Waals surface area contributed by atoms with Crippen LogP contribution in [0.2, 0.25) is 0 Å². The molecule has 0 spiro atoms. The van der Waals surface area contributed by atoms with E-state index < -0.39 is 0 Å². The van der Waals surface area contributed by atoms with Crippen molar-refractivity contribution in [2.75, 3.05) is 0 Å². The van der Waals surface area contributed by atoms with Crippen molar-refractivity contribution in [3.8, 4) is 0 Å². The van der Waals surface area contributed by atoms with E-state index in [9.17, 15) is 4.79 Å². The number of benzene rings is 1. The zero-order chi connectivity index (χ0) is 12.3. The molecule has 1 aromatic heterocycles. The van der Waals surface area contributed by atoms with E-state index in [0.717, 1.165) is 14.9 Å². The highest BCUT2D eigenvalue weighted by atomic mass is 79.9. The second-order valence-electron chi connectivity index (χ2n) is 4.01. The lowest BCUT2D eigenvalue weighted by Crippen LogP contribution is -2.11. The molecule has 1 atom stereocenters. The summed E-state index contributed by atoms with van der Waals surface area (Å²) in [4.78, 5) is 13.2. The molecule has 1 heterocycles. The van der Waals surface area contributed by atoms with Crippen molar-refractivity contribution in [3.05, 3.63) is 56.7 Å².